The number of methoxy groups -OCH3 is 1. The predicted octanol–water partition coefficient (Wildman–Crippen LogP) is 1.75. The monoisotopic (exact) mass is 274 g/mol. The fourth-order valence-corrected chi connectivity index (χ4v) is 1.54. The largest absolute Gasteiger partial charge is 0.496 e. The van der Waals surface area contributed by atoms with Crippen LogP contribution in [0, 0.1) is 0 Å². The van der Waals surface area contributed by atoms with Crippen LogP contribution < -0.4 is 4.74 Å². The van der Waals surface area contributed by atoms with E-state index in [1.807, 2.05) is 0 Å². The summed E-state index contributed by atoms with van der Waals surface area (Å²) in [6, 6.07) is 4.82. The Morgan fingerprint density at radius 3 is 2.60 bits per heavy atom. The number of aliphatic hydroxyl groups is 1. The van der Waals surface area contributed by atoms with Crippen molar-refractivity contribution in [3.05, 3.63) is 28.2 Å². The Balaban J connectivity index is 3.34. The average molecular weight is 275 g/mol. The third kappa shape index (κ3) is 2.30. The molecule has 0 radical (unpaired) electrons. The van der Waals surface area contributed by atoms with Crippen molar-refractivity contribution in [3.63, 3.8) is 0 Å². The summed E-state index contributed by atoms with van der Waals surface area (Å²) in [5, 5.41) is 18.7. The SMILES string of the molecule is COc1ccc(Br)cc1C(C)(O)C(=O)O. The van der Waals surface area contributed by atoms with Gasteiger partial charge in [0.05, 0.1) is 7.11 Å². The predicted molar refractivity (Wildman–Crippen MR) is 57.9 cm³/mol. The Labute approximate surface area is 95.6 Å². The molecule has 82 valence electrons. The van der Waals surface area contributed by atoms with Crippen molar-refractivity contribution in [2.45, 2.75) is 12.5 Å². The molecule has 0 saturated heterocycles. The summed E-state index contributed by atoms with van der Waals surface area (Å²) >= 11 is 3.21. The number of hydrogen-bond donors (Lipinski definition) is 2. The standard InChI is InChI=1S/C10H11BrO4/c1-10(14,9(12)13)7-5-6(11)3-4-8(7)15-2/h3-5,14H,1-2H3,(H,12,13). The first-order chi connectivity index (χ1) is 6.89. The Bertz CT molecular complexity index is 387. The molecule has 0 spiro atoms. The van der Waals surface area contributed by atoms with Gasteiger partial charge in [-0.25, -0.2) is 4.79 Å². The van der Waals surface area contributed by atoms with E-state index in [4.69, 9.17) is 9.84 Å². The van der Waals surface area contributed by atoms with E-state index < -0.39 is 11.6 Å². The lowest BCUT2D eigenvalue weighted by atomic mass is 9.95. The second-order valence-corrected chi connectivity index (χ2v) is 4.14. The van der Waals surface area contributed by atoms with Crippen LogP contribution in [0.5, 0.6) is 5.75 Å². The molecule has 1 unspecified atom stereocenters. The molecular weight excluding hydrogens is 264 g/mol. The molecule has 1 atom stereocenters. The van der Waals surface area contributed by atoms with Crippen LogP contribution >= 0.6 is 15.9 Å². The van der Waals surface area contributed by atoms with Crippen LogP contribution in [0.15, 0.2) is 22.7 Å². The van der Waals surface area contributed by atoms with Crippen LogP contribution in [-0.4, -0.2) is 23.3 Å². The quantitative estimate of drug-likeness (QED) is 0.881. The lowest BCUT2D eigenvalue weighted by Gasteiger charge is -2.21. The number of hydrogen-bond acceptors (Lipinski definition) is 3. The minimum absolute atomic E-state index is 0.215. The van der Waals surface area contributed by atoms with Crippen molar-refractivity contribution in [1.29, 1.82) is 0 Å². The Hall–Kier alpha value is -1.07. The molecule has 0 amide bonds. The summed E-state index contributed by atoms with van der Waals surface area (Å²) < 4.78 is 5.67. The molecule has 0 fully saturated rings. The lowest BCUT2D eigenvalue weighted by Crippen LogP contribution is -2.32. The number of rotatable bonds is 3. The number of benzene rings is 1. The van der Waals surface area contributed by atoms with Gasteiger partial charge >= 0.3 is 5.97 Å². The van der Waals surface area contributed by atoms with E-state index in [1.54, 1.807) is 12.1 Å². The van der Waals surface area contributed by atoms with E-state index in [0.717, 1.165) is 0 Å². The first kappa shape index (κ1) is 12.0. The molecule has 1 rings (SSSR count). The topological polar surface area (TPSA) is 66.8 Å². The minimum Gasteiger partial charge on any atom is -0.496 e. The highest BCUT2D eigenvalue weighted by Crippen LogP contribution is 2.32. The molecule has 15 heavy (non-hydrogen) atoms. The minimum atomic E-state index is -1.96. The molecule has 4 nitrogen and oxygen atoms in total. The number of carboxylic acid groups (broad SMARTS) is 1. The molecule has 0 bridgehead atoms. The van der Waals surface area contributed by atoms with E-state index in [1.165, 1.54) is 20.1 Å². The number of carboxylic acids is 1. The summed E-state index contributed by atoms with van der Waals surface area (Å²) in [5.41, 5.74) is -1.75. The normalized spacial score (nSPS) is 14.4. The van der Waals surface area contributed by atoms with Crippen LogP contribution in [0.4, 0.5) is 0 Å². The third-order valence-corrected chi connectivity index (χ3v) is 2.60. The zero-order valence-corrected chi connectivity index (χ0v) is 9.91. The van der Waals surface area contributed by atoms with Gasteiger partial charge in [-0.3, -0.25) is 0 Å². The van der Waals surface area contributed by atoms with Gasteiger partial charge in [0.15, 0.2) is 5.60 Å². The maximum atomic E-state index is 10.9. The Morgan fingerprint density at radius 1 is 1.53 bits per heavy atom. The summed E-state index contributed by atoms with van der Waals surface area (Å²) in [6.45, 7) is 1.21. The van der Waals surface area contributed by atoms with Crippen molar-refractivity contribution < 1.29 is 19.7 Å². The van der Waals surface area contributed by atoms with Crippen molar-refractivity contribution in [1.82, 2.24) is 0 Å². The van der Waals surface area contributed by atoms with Crippen LogP contribution in [0.1, 0.15) is 12.5 Å². The highest BCUT2D eigenvalue weighted by Gasteiger charge is 2.35. The zero-order chi connectivity index (χ0) is 11.6. The van der Waals surface area contributed by atoms with Gasteiger partial charge in [-0.05, 0) is 25.1 Å². The molecule has 1 aromatic carbocycles. The maximum absolute atomic E-state index is 10.9. The maximum Gasteiger partial charge on any atom is 0.340 e. The fourth-order valence-electron chi connectivity index (χ4n) is 1.18. The molecule has 1 aromatic rings. The smallest absolute Gasteiger partial charge is 0.340 e. The molecule has 2 N–H and O–H groups in total. The van der Waals surface area contributed by atoms with Crippen molar-refractivity contribution in [3.8, 4) is 5.75 Å². The number of ether oxygens (including phenoxy) is 1. The number of halogens is 1. The fraction of sp³-hybridized carbons (Fsp3) is 0.300. The highest BCUT2D eigenvalue weighted by atomic mass is 79.9. The van der Waals surface area contributed by atoms with Crippen LogP contribution in [0.25, 0.3) is 0 Å². The summed E-state index contributed by atoms with van der Waals surface area (Å²) in [5.74, 6) is -0.982. The van der Waals surface area contributed by atoms with Crippen molar-refractivity contribution in [2.75, 3.05) is 7.11 Å². The van der Waals surface area contributed by atoms with E-state index in [0.29, 0.717) is 10.2 Å². The zero-order valence-electron chi connectivity index (χ0n) is 8.32. The van der Waals surface area contributed by atoms with Crippen LogP contribution in [0.2, 0.25) is 0 Å². The van der Waals surface area contributed by atoms with Crippen molar-refractivity contribution >= 4 is 21.9 Å². The molecule has 0 aliphatic heterocycles. The molecule has 0 aromatic heterocycles. The van der Waals surface area contributed by atoms with Gasteiger partial charge in [-0.1, -0.05) is 15.9 Å². The van der Waals surface area contributed by atoms with E-state index in [2.05, 4.69) is 15.9 Å². The first-order valence-corrected chi connectivity index (χ1v) is 4.98. The first-order valence-electron chi connectivity index (χ1n) is 4.19. The molecule has 0 heterocycles. The van der Waals surface area contributed by atoms with Crippen LogP contribution in [-0.2, 0) is 10.4 Å². The van der Waals surface area contributed by atoms with Gasteiger partial charge in [-0.15, -0.1) is 0 Å². The van der Waals surface area contributed by atoms with E-state index >= 15 is 0 Å². The van der Waals surface area contributed by atoms with Gasteiger partial charge < -0.3 is 14.9 Å². The molecule has 0 saturated carbocycles. The van der Waals surface area contributed by atoms with E-state index in [-0.39, 0.29) is 5.56 Å². The molecule has 5 heteroatoms. The molecular formula is C10H11BrO4. The Kier molecular flexibility index (Phi) is 3.36. The summed E-state index contributed by atoms with van der Waals surface area (Å²) in [4.78, 5) is 10.9. The van der Waals surface area contributed by atoms with Gasteiger partial charge in [-0.2, -0.15) is 0 Å². The highest BCUT2D eigenvalue weighted by molar-refractivity contribution is 9.10. The van der Waals surface area contributed by atoms with Gasteiger partial charge in [0, 0.05) is 10.0 Å². The van der Waals surface area contributed by atoms with Gasteiger partial charge in [0.2, 0.25) is 0 Å². The number of aliphatic carboxylic acids is 1. The van der Waals surface area contributed by atoms with Gasteiger partial charge in [0.1, 0.15) is 5.75 Å². The van der Waals surface area contributed by atoms with E-state index in [9.17, 15) is 9.90 Å². The van der Waals surface area contributed by atoms with Gasteiger partial charge in [0.25, 0.3) is 0 Å². The van der Waals surface area contributed by atoms with Crippen molar-refractivity contribution in [2.24, 2.45) is 0 Å². The third-order valence-electron chi connectivity index (χ3n) is 2.10. The second-order valence-electron chi connectivity index (χ2n) is 3.22. The second kappa shape index (κ2) is 4.20. The molecule has 0 aliphatic carbocycles. The summed E-state index contributed by atoms with van der Waals surface area (Å²) in [6.07, 6.45) is 0. The van der Waals surface area contributed by atoms with Crippen LogP contribution in [0.3, 0.4) is 0 Å². The number of carbonyl (C=O) groups is 1. The Morgan fingerprint density at radius 2 is 2.13 bits per heavy atom. The average Bonchev–Trinajstić information content (AvgIpc) is 2.17. The summed E-state index contributed by atoms with van der Waals surface area (Å²) in [7, 11) is 1.42. The lowest BCUT2D eigenvalue weighted by molar-refractivity contribution is -0.157. The molecule has 0 aliphatic rings.